The van der Waals surface area contributed by atoms with Crippen molar-refractivity contribution in [3.05, 3.63) is 42.2 Å². The van der Waals surface area contributed by atoms with Gasteiger partial charge >= 0.3 is 0 Å². The van der Waals surface area contributed by atoms with Crippen LogP contribution in [-0.2, 0) is 0 Å². The summed E-state index contributed by atoms with van der Waals surface area (Å²) in [4.78, 5) is 15.3. The zero-order valence-corrected chi connectivity index (χ0v) is 13.7. The Hall–Kier alpha value is -2.21. The molecular weight excluding hydrogens is 300 g/mol. The molecule has 118 valence electrons. The molecule has 0 spiro atoms. The highest BCUT2D eigenvalue weighted by molar-refractivity contribution is 7.99. The van der Waals surface area contributed by atoms with Crippen LogP contribution in [0.5, 0.6) is 11.5 Å². The van der Waals surface area contributed by atoms with Gasteiger partial charge in [0.1, 0.15) is 17.2 Å². The second-order valence-corrected chi connectivity index (χ2v) is 5.38. The third-order valence-electron chi connectivity index (χ3n) is 2.68. The number of aldehydes is 1. The largest absolute Gasteiger partial charge is 0.506 e. The monoisotopic (exact) mass is 320 g/mol. The molecule has 2 aromatic rings. The number of hydrogen-bond donors (Lipinski definition) is 2. The van der Waals surface area contributed by atoms with Crippen LogP contribution in [0.1, 0.15) is 17.4 Å². The van der Waals surface area contributed by atoms with Crippen LogP contribution in [0.3, 0.4) is 0 Å². The van der Waals surface area contributed by atoms with Crippen molar-refractivity contribution in [1.29, 1.82) is 0 Å². The number of nitrogens with zero attached hydrogens (tertiary/aromatic N) is 1. The summed E-state index contributed by atoms with van der Waals surface area (Å²) in [5.41, 5.74) is 1.21. The normalized spacial score (nSPS) is 9.41. The predicted molar refractivity (Wildman–Crippen MR) is 90.2 cm³/mol. The second kappa shape index (κ2) is 9.68. The molecular formula is C16H20N2O3S. The molecule has 2 rings (SSSR count). The minimum Gasteiger partial charge on any atom is -0.506 e. The highest BCUT2D eigenvalue weighted by Gasteiger charge is 2.00. The van der Waals surface area contributed by atoms with E-state index in [9.17, 15) is 9.90 Å². The summed E-state index contributed by atoms with van der Waals surface area (Å²) in [6, 6.07) is 8.77. The molecule has 6 heteroatoms. The van der Waals surface area contributed by atoms with Crippen LogP contribution in [0.2, 0.25) is 0 Å². The number of hydrogen-bond acceptors (Lipinski definition) is 6. The number of rotatable bonds is 5. The summed E-state index contributed by atoms with van der Waals surface area (Å²) in [5, 5.41) is 12.1. The molecule has 1 aromatic carbocycles. The molecule has 0 radical (unpaired) electrons. The topological polar surface area (TPSA) is 71.5 Å². The number of nitrogens with one attached hydrogen (secondary N) is 1. The summed E-state index contributed by atoms with van der Waals surface area (Å²) in [6.07, 6.45) is 2.42. The minimum absolute atomic E-state index is 0.230. The molecule has 0 aliphatic heterocycles. The van der Waals surface area contributed by atoms with Gasteiger partial charge in [0.2, 0.25) is 0 Å². The van der Waals surface area contributed by atoms with E-state index in [-0.39, 0.29) is 5.75 Å². The first-order chi connectivity index (χ1) is 10.7. The van der Waals surface area contributed by atoms with Crippen LogP contribution in [0.4, 0.5) is 5.69 Å². The molecule has 0 fully saturated rings. The predicted octanol–water partition coefficient (Wildman–Crippen LogP) is 3.45. The van der Waals surface area contributed by atoms with Gasteiger partial charge in [0.15, 0.2) is 6.29 Å². The lowest BCUT2D eigenvalue weighted by Gasteiger charge is -2.05. The van der Waals surface area contributed by atoms with Gasteiger partial charge in [0.05, 0.1) is 12.8 Å². The third kappa shape index (κ3) is 5.29. The van der Waals surface area contributed by atoms with Crippen LogP contribution >= 0.6 is 11.8 Å². The summed E-state index contributed by atoms with van der Waals surface area (Å²) in [7, 11) is 3.33. The number of benzene rings is 1. The average molecular weight is 320 g/mol. The van der Waals surface area contributed by atoms with E-state index in [4.69, 9.17) is 4.74 Å². The Balaban J connectivity index is 0.000000220. The SMILES string of the molecule is CCSc1cccnc1C=O.CNc1cc(OC)ccc1O. The average Bonchev–Trinajstić information content (AvgIpc) is 2.57. The number of ether oxygens (including phenoxy) is 1. The summed E-state index contributed by atoms with van der Waals surface area (Å²) in [6.45, 7) is 2.05. The van der Waals surface area contributed by atoms with E-state index in [2.05, 4.69) is 10.3 Å². The molecule has 0 saturated carbocycles. The number of aromatic hydroxyl groups is 1. The molecule has 1 aromatic heterocycles. The summed E-state index contributed by atoms with van der Waals surface area (Å²) < 4.78 is 4.96. The molecule has 0 amide bonds. The standard InChI is InChI=1S/C8H11NO2.C8H9NOS/c1-9-7-5-6(11-2)3-4-8(7)10;1-2-11-8-4-3-5-9-7(8)6-10/h3-5,9-10H,1-2H3;3-6H,2H2,1H3. The number of methoxy groups -OCH3 is 1. The molecule has 0 saturated heterocycles. The Labute approximate surface area is 134 Å². The number of phenols is 1. The van der Waals surface area contributed by atoms with Crippen molar-refractivity contribution >= 4 is 23.7 Å². The van der Waals surface area contributed by atoms with E-state index >= 15 is 0 Å². The van der Waals surface area contributed by atoms with Gasteiger partial charge in [-0.3, -0.25) is 9.78 Å². The van der Waals surface area contributed by atoms with Gasteiger partial charge in [-0.15, -0.1) is 11.8 Å². The molecule has 22 heavy (non-hydrogen) atoms. The molecule has 0 bridgehead atoms. The zero-order chi connectivity index (χ0) is 16.4. The maximum Gasteiger partial charge on any atom is 0.169 e. The van der Waals surface area contributed by atoms with Gasteiger partial charge in [0.25, 0.3) is 0 Å². The van der Waals surface area contributed by atoms with Crippen LogP contribution < -0.4 is 10.1 Å². The van der Waals surface area contributed by atoms with Crippen molar-refractivity contribution in [2.75, 3.05) is 25.2 Å². The highest BCUT2D eigenvalue weighted by Crippen LogP contribution is 2.26. The molecule has 5 nitrogen and oxygen atoms in total. The van der Waals surface area contributed by atoms with Gasteiger partial charge in [-0.05, 0) is 30.0 Å². The van der Waals surface area contributed by atoms with Gasteiger partial charge < -0.3 is 15.2 Å². The van der Waals surface area contributed by atoms with E-state index in [1.165, 1.54) is 0 Å². The van der Waals surface area contributed by atoms with Gasteiger partial charge in [-0.1, -0.05) is 6.92 Å². The lowest BCUT2D eigenvalue weighted by molar-refractivity contribution is 0.111. The van der Waals surface area contributed by atoms with E-state index in [1.807, 2.05) is 19.1 Å². The first kappa shape index (κ1) is 17.8. The van der Waals surface area contributed by atoms with Crippen LogP contribution in [0.25, 0.3) is 0 Å². The number of phenolic OH excluding ortho intramolecular Hbond substituents is 1. The quantitative estimate of drug-likeness (QED) is 0.499. The number of carbonyl (C=O) groups excluding carboxylic acids is 1. The Morgan fingerprint density at radius 2 is 2.18 bits per heavy atom. The van der Waals surface area contributed by atoms with Crippen molar-refractivity contribution in [3.8, 4) is 11.5 Å². The van der Waals surface area contributed by atoms with E-state index < -0.39 is 0 Å². The number of pyridine rings is 1. The fraction of sp³-hybridized carbons (Fsp3) is 0.250. The van der Waals surface area contributed by atoms with Crippen LogP contribution in [0, 0.1) is 0 Å². The Bertz CT molecular complexity index is 606. The van der Waals surface area contributed by atoms with Crippen molar-refractivity contribution in [3.63, 3.8) is 0 Å². The van der Waals surface area contributed by atoms with Crippen LogP contribution in [0.15, 0.2) is 41.4 Å². The molecule has 0 aliphatic carbocycles. The van der Waals surface area contributed by atoms with Gasteiger partial charge in [-0.25, -0.2) is 0 Å². The zero-order valence-electron chi connectivity index (χ0n) is 12.9. The number of aromatic nitrogens is 1. The molecule has 2 N–H and O–H groups in total. The number of carbonyl (C=O) groups is 1. The maximum atomic E-state index is 10.4. The van der Waals surface area contributed by atoms with Gasteiger partial charge in [0, 0.05) is 24.2 Å². The van der Waals surface area contributed by atoms with Gasteiger partial charge in [-0.2, -0.15) is 0 Å². The van der Waals surface area contributed by atoms with Crippen molar-refractivity contribution in [1.82, 2.24) is 4.98 Å². The molecule has 0 unspecified atom stereocenters. The smallest absolute Gasteiger partial charge is 0.169 e. The minimum atomic E-state index is 0.230. The van der Waals surface area contributed by atoms with Crippen molar-refractivity contribution < 1.29 is 14.6 Å². The lowest BCUT2D eigenvalue weighted by atomic mass is 10.3. The summed E-state index contributed by atoms with van der Waals surface area (Å²) >= 11 is 1.63. The summed E-state index contributed by atoms with van der Waals surface area (Å²) in [5.74, 6) is 1.92. The number of thioether (sulfide) groups is 1. The molecule has 0 aliphatic rings. The highest BCUT2D eigenvalue weighted by atomic mass is 32.2. The van der Waals surface area contributed by atoms with E-state index in [0.717, 1.165) is 22.7 Å². The van der Waals surface area contributed by atoms with Crippen LogP contribution in [-0.4, -0.2) is 36.3 Å². The maximum absolute atomic E-state index is 10.4. The Morgan fingerprint density at radius 3 is 2.77 bits per heavy atom. The van der Waals surface area contributed by atoms with Crippen molar-refractivity contribution in [2.45, 2.75) is 11.8 Å². The first-order valence-corrected chi connectivity index (χ1v) is 7.72. The number of anilines is 1. The fourth-order valence-electron chi connectivity index (χ4n) is 1.61. The Morgan fingerprint density at radius 1 is 1.41 bits per heavy atom. The molecule has 1 heterocycles. The van der Waals surface area contributed by atoms with E-state index in [0.29, 0.717) is 11.4 Å². The third-order valence-corrected chi connectivity index (χ3v) is 3.63. The lowest BCUT2D eigenvalue weighted by Crippen LogP contribution is -1.89. The Kier molecular flexibility index (Phi) is 7.85. The van der Waals surface area contributed by atoms with Crippen molar-refractivity contribution in [2.24, 2.45) is 0 Å². The second-order valence-electron chi connectivity index (χ2n) is 4.07. The first-order valence-electron chi connectivity index (χ1n) is 6.74. The molecule has 0 atom stereocenters. The van der Waals surface area contributed by atoms with E-state index in [1.54, 1.807) is 50.3 Å². The fourth-order valence-corrected chi connectivity index (χ4v) is 2.35.